The molecule has 90 valence electrons. The van der Waals surface area contributed by atoms with Crippen LogP contribution in [-0.2, 0) is 4.79 Å². The molecule has 3 heteroatoms. The summed E-state index contributed by atoms with van der Waals surface area (Å²) in [7, 11) is 0. The Labute approximate surface area is 101 Å². The van der Waals surface area contributed by atoms with Crippen LogP contribution in [0.3, 0.4) is 0 Å². The van der Waals surface area contributed by atoms with E-state index in [4.69, 9.17) is 5.11 Å². The number of aliphatic hydroxyl groups excluding tert-OH is 1. The third-order valence-electron chi connectivity index (χ3n) is 3.05. The fourth-order valence-corrected chi connectivity index (χ4v) is 1.63. The second-order valence-electron chi connectivity index (χ2n) is 4.67. The smallest absolute Gasteiger partial charge is 0.244 e. The van der Waals surface area contributed by atoms with Crippen LogP contribution in [0.4, 0.5) is 0 Å². The van der Waals surface area contributed by atoms with E-state index in [2.05, 4.69) is 5.32 Å². The van der Waals surface area contributed by atoms with E-state index in [9.17, 15) is 4.79 Å². The average molecular weight is 231 g/mol. The number of carbonyl (C=O) groups excluding carboxylic acids is 1. The highest BCUT2D eigenvalue weighted by Crippen LogP contribution is 2.34. The Bertz CT molecular complexity index is 430. The molecule has 0 spiro atoms. The Morgan fingerprint density at radius 3 is 2.59 bits per heavy atom. The van der Waals surface area contributed by atoms with Crippen molar-refractivity contribution >= 4 is 12.0 Å². The van der Waals surface area contributed by atoms with Gasteiger partial charge in [-0.25, -0.2) is 0 Å². The fraction of sp³-hybridized carbons (Fsp3) is 0.357. The molecular weight excluding hydrogens is 214 g/mol. The van der Waals surface area contributed by atoms with Crippen LogP contribution in [-0.4, -0.2) is 23.2 Å². The Morgan fingerprint density at radius 2 is 2.06 bits per heavy atom. The van der Waals surface area contributed by atoms with Gasteiger partial charge in [-0.2, -0.15) is 0 Å². The highest BCUT2D eigenvalue weighted by molar-refractivity contribution is 5.92. The fourth-order valence-electron chi connectivity index (χ4n) is 1.63. The van der Waals surface area contributed by atoms with Gasteiger partial charge in [0.05, 0.1) is 12.1 Å². The quantitative estimate of drug-likeness (QED) is 0.774. The van der Waals surface area contributed by atoms with Crippen molar-refractivity contribution in [2.24, 2.45) is 0 Å². The summed E-state index contributed by atoms with van der Waals surface area (Å²) >= 11 is 0. The van der Waals surface area contributed by atoms with Crippen molar-refractivity contribution in [3.63, 3.8) is 0 Å². The van der Waals surface area contributed by atoms with Gasteiger partial charge in [-0.15, -0.1) is 0 Å². The lowest BCUT2D eigenvalue weighted by Crippen LogP contribution is -2.38. The molecule has 1 amide bonds. The second-order valence-corrected chi connectivity index (χ2v) is 4.67. The highest BCUT2D eigenvalue weighted by atomic mass is 16.3. The molecule has 0 saturated heterocycles. The van der Waals surface area contributed by atoms with Crippen LogP contribution >= 0.6 is 0 Å². The van der Waals surface area contributed by atoms with Crippen molar-refractivity contribution in [1.29, 1.82) is 0 Å². The second kappa shape index (κ2) is 4.72. The summed E-state index contributed by atoms with van der Waals surface area (Å²) in [5, 5.41) is 11.9. The molecule has 1 fully saturated rings. The first-order chi connectivity index (χ1) is 8.13. The minimum atomic E-state index is -0.339. The molecule has 2 N–H and O–H groups in total. The summed E-state index contributed by atoms with van der Waals surface area (Å²) in [4.78, 5) is 11.6. The van der Waals surface area contributed by atoms with Crippen LogP contribution in [0.25, 0.3) is 6.08 Å². The van der Waals surface area contributed by atoms with Crippen molar-refractivity contribution < 1.29 is 9.90 Å². The molecular formula is C14H17NO2. The number of carbonyl (C=O) groups is 1. The zero-order valence-electron chi connectivity index (χ0n) is 9.94. The van der Waals surface area contributed by atoms with Gasteiger partial charge in [0.2, 0.25) is 5.91 Å². The zero-order valence-corrected chi connectivity index (χ0v) is 9.94. The molecule has 0 heterocycles. The summed E-state index contributed by atoms with van der Waals surface area (Å²) in [5.41, 5.74) is 1.86. The van der Waals surface area contributed by atoms with Crippen LogP contribution in [0.2, 0.25) is 0 Å². The van der Waals surface area contributed by atoms with Gasteiger partial charge in [-0.3, -0.25) is 4.79 Å². The summed E-state index contributed by atoms with van der Waals surface area (Å²) in [6, 6.07) is 7.96. The largest absolute Gasteiger partial charge is 0.394 e. The van der Waals surface area contributed by atoms with E-state index in [1.807, 2.05) is 31.2 Å². The maximum absolute atomic E-state index is 11.6. The number of nitrogens with one attached hydrogen (secondary N) is 1. The van der Waals surface area contributed by atoms with E-state index in [-0.39, 0.29) is 18.1 Å². The molecule has 0 radical (unpaired) electrons. The Morgan fingerprint density at radius 1 is 1.41 bits per heavy atom. The normalized spacial score (nSPS) is 17.1. The first kappa shape index (κ1) is 11.9. The van der Waals surface area contributed by atoms with E-state index >= 15 is 0 Å². The average Bonchev–Trinajstić information content (AvgIpc) is 3.09. The number of amides is 1. The topological polar surface area (TPSA) is 49.3 Å². The summed E-state index contributed by atoms with van der Waals surface area (Å²) < 4.78 is 0. The standard InChI is InChI=1S/C14H17NO2/c1-11-2-4-12(5-3-11)6-7-13(17)15-14(10-16)8-9-14/h2-7,16H,8-10H2,1H3,(H,15,17). The first-order valence-electron chi connectivity index (χ1n) is 5.81. The number of benzene rings is 1. The highest BCUT2D eigenvalue weighted by Gasteiger charge is 2.42. The first-order valence-corrected chi connectivity index (χ1v) is 5.81. The van der Waals surface area contributed by atoms with Crippen LogP contribution in [0.5, 0.6) is 0 Å². The maximum Gasteiger partial charge on any atom is 0.244 e. The monoisotopic (exact) mass is 231 g/mol. The van der Waals surface area contributed by atoms with Gasteiger partial charge in [-0.1, -0.05) is 29.8 Å². The number of aryl methyl sites for hydroxylation is 1. The Balaban J connectivity index is 1.92. The van der Waals surface area contributed by atoms with Gasteiger partial charge < -0.3 is 10.4 Å². The van der Waals surface area contributed by atoms with Gasteiger partial charge in [0, 0.05) is 6.08 Å². The molecule has 1 aromatic carbocycles. The lowest BCUT2D eigenvalue weighted by atomic mass is 10.1. The lowest BCUT2D eigenvalue weighted by Gasteiger charge is -2.11. The van der Waals surface area contributed by atoms with Gasteiger partial charge in [-0.05, 0) is 31.4 Å². The van der Waals surface area contributed by atoms with Gasteiger partial charge >= 0.3 is 0 Å². The molecule has 1 aliphatic rings. The summed E-state index contributed by atoms with van der Waals surface area (Å²) in [6.07, 6.45) is 5.03. The predicted molar refractivity (Wildman–Crippen MR) is 67.4 cm³/mol. The van der Waals surface area contributed by atoms with E-state index in [0.29, 0.717) is 0 Å². The van der Waals surface area contributed by atoms with Crippen LogP contribution in [0.1, 0.15) is 24.0 Å². The molecule has 2 rings (SSSR count). The van der Waals surface area contributed by atoms with Crippen molar-refractivity contribution in [1.82, 2.24) is 5.32 Å². The molecule has 3 nitrogen and oxygen atoms in total. The third-order valence-corrected chi connectivity index (χ3v) is 3.05. The van der Waals surface area contributed by atoms with E-state index < -0.39 is 0 Å². The van der Waals surface area contributed by atoms with Gasteiger partial charge in [0.1, 0.15) is 0 Å². The van der Waals surface area contributed by atoms with Crippen molar-refractivity contribution in [2.45, 2.75) is 25.3 Å². The van der Waals surface area contributed by atoms with Gasteiger partial charge in [0.15, 0.2) is 0 Å². The molecule has 1 aliphatic carbocycles. The molecule has 1 aromatic rings. The predicted octanol–water partition coefficient (Wildman–Crippen LogP) is 1.65. The zero-order chi connectivity index (χ0) is 12.3. The van der Waals surface area contributed by atoms with E-state index in [1.54, 1.807) is 6.08 Å². The SMILES string of the molecule is Cc1ccc(C=CC(=O)NC2(CO)CC2)cc1. The number of hydrogen-bond acceptors (Lipinski definition) is 2. The Hall–Kier alpha value is -1.61. The molecule has 1 saturated carbocycles. The van der Waals surface area contributed by atoms with Gasteiger partial charge in [0.25, 0.3) is 0 Å². The van der Waals surface area contributed by atoms with E-state index in [0.717, 1.165) is 18.4 Å². The summed E-state index contributed by atoms with van der Waals surface area (Å²) in [5.74, 6) is -0.142. The summed E-state index contributed by atoms with van der Waals surface area (Å²) in [6.45, 7) is 2.05. The maximum atomic E-state index is 11.6. The van der Waals surface area contributed by atoms with Crippen molar-refractivity contribution in [3.05, 3.63) is 41.5 Å². The van der Waals surface area contributed by atoms with E-state index in [1.165, 1.54) is 11.6 Å². The molecule has 0 aliphatic heterocycles. The molecule has 0 unspecified atom stereocenters. The third kappa shape index (κ3) is 3.17. The van der Waals surface area contributed by atoms with Crippen LogP contribution in [0.15, 0.2) is 30.3 Å². The Kier molecular flexibility index (Phi) is 3.29. The molecule has 0 aromatic heterocycles. The molecule has 17 heavy (non-hydrogen) atoms. The van der Waals surface area contributed by atoms with Crippen molar-refractivity contribution in [2.75, 3.05) is 6.61 Å². The van der Waals surface area contributed by atoms with Crippen LogP contribution < -0.4 is 5.32 Å². The minimum Gasteiger partial charge on any atom is -0.394 e. The number of aliphatic hydroxyl groups is 1. The molecule has 0 bridgehead atoms. The van der Waals surface area contributed by atoms with Crippen LogP contribution in [0, 0.1) is 6.92 Å². The number of hydrogen-bond donors (Lipinski definition) is 2. The van der Waals surface area contributed by atoms with Crippen molar-refractivity contribution in [3.8, 4) is 0 Å². The molecule has 0 atom stereocenters. The minimum absolute atomic E-state index is 0.0249. The number of rotatable bonds is 4. The lowest BCUT2D eigenvalue weighted by molar-refractivity contribution is -0.117.